The average Bonchev–Trinajstić information content (AvgIpc) is 2.48. The molecule has 21 heavy (non-hydrogen) atoms. The van der Waals surface area contributed by atoms with Gasteiger partial charge >= 0.3 is 6.16 Å². The van der Waals surface area contributed by atoms with E-state index < -0.39 is 55.5 Å². The molecule has 10 heteroatoms. The van der Waals surface area contributed by atoms with Crippen molar-refractivity contribution in [2.24, 2.45) is 0 Å². The molecule has 1 unspecified atom stereocenters. The molecule has 6 N–H and O–H groups in total. The van der Waals surface area contributed by atoms with Gasteiger partial charge in [-0.05, 0) is 0 Å². The molecule has 124 valence electrons. The van der Waals surface area contributed by atoms with E-state index in [1.807, 2.05) is 0 Å². The summed E-state index contributed by atoms with van der Waals surface area (Å²) in [5.74, 6) is 0. The SMILES string of the molecule is COC(CO)COC(=O)O[C@H]1[C@@H](O)[C@@H](O)[C@@H](O)[C@H](O)[C@@H]1O. The van der Waals surface area contributed by atoms with Crippen molar-refractivity contribution >= 4 is 6.16 Å². The van der Waals surface area contributed by atoms with Crippen LogP contribution < -0.4 is 0 Å². The minimum Gasteiger partial charge on any atom is -0.431 e. The summed E-state index contributed by atoms with van der Waals surface area (Å²) in [6, 6.07) is 0. The first-order valence-corrected chi connectivity index (χ1v) is 6.20. The maximum atomic E-state index is 11.4. The highest BCUT2D eigenvalue weighted by Crippen LogP contribution is 2.24. The Kier molecular flexibility index (Phi) is 6.74. The monoisotopic (exact) mass is 312 g/mol. The first-order valence-electron chi connectivity index (χ1n) is 6.20. The third-order valence-electron chi connectivity index (χ3n) is 3.23. The predicted octanol–water partition coefficient (Wildman–Crippen LogP) is -3.67. The highest BCUT2D eigenvalue weighted by molar-refractivity contribution is 5.60. The Bertz CT molecular complexity index is 317. The third-order valence-corrected chi connectivity index (χ3v) is 3.23. The van der Waals surface area contributed by atoms with Crippen LogP contribution in [0.4, 0.5) is 4.79 Å². The summed E-state index contributed by atoms with van der Waals surface area (Å²) in [6.45, 7) is -0.736. The minimum atomic E-state index is -1.80. The number of aliphatic hydroxyl groups excluding tert-OH is 6. The number of carbonyl (C=O) groups excluding carboxylic acids is 1. The summed E-state index contributed by atoms with van der Waals surface area (Å²) in [5, 5.41) is 56.3. The van der Waals surface area contributed by atoms with Gasteiger partial charge in [-0.2, -0.15) is 0 Å². The molecule has 1 fully saturated rings. The number of methoxy groups -OCH3 is 1. The standard InChI is InChI=1S/C11H20O10/c1-19-4(2-12)3-20-11(18)21-10-8(16)6(14)5(13)7(15)9(10)17/h4-10,12-17H,2-3H2,1H3/t4?,5-,6-,7-,8-,9-,10+/m0/s1. The van der Waals surface area contributed by atoms with E-state index in [4.69, 9.17) is 9.84 Å². The molecule has 1 saturated carbocycles. The summed E-state index contributed by atoms with van der Waals surface area (Å²) in [7, 11) is 1.29. The fraction of sp³-hybridized carbons (Fsp3) is 0.909. The van der Waals surface area contributed by atoms with Gasteiger partial charge in [0.05, 0.1) is 6.61 Å². The number of hydrogen-bond acceptors (Lipinski definition) is 10. The van der Waals surface area contributed by atoms with Crippen molar-refractivity contribution in [3.63, 3.8) is 0 Å². The lowest BCUT2D eigenvalue weighted by Crippen LogP contribution is -2.64. The maximum Gasteiger partial charge on any atom is 0.508 e. The topological polar surface area (TPSA) is 166 Å². The summed E-state index contributed by atoms with van der Waals surface area (Å²) in [5.41, 5.74) is 0. The van der Waals surface area contributed by atoms with Gasteiger partial charge in [0.15, 0.2) is 6.10 Å². The molecular weight excluding hydrogens is 292 g/mol. The van der Waals surface area contributed by atoms with Crippen LogP contribution in [0, 0.1) is 0 Å². The smallest absolute Gasteiger partial charge is 0.431 e. The average molecular weight is 312 g/mol. The summed E-state index contributed by atoms with van der Waals surface area (Å²) >= 11 is 0. The minimum absolute atomic E-state index is 0.335. The first-order chi connectivity index (χ1) is 9.83. The summed E-state index contributed by atoms with van der Waals surface area (Å²) in [4.78, 5) is 11.4. The molecule has 0 radical (unpaired) electrons. The van der Waals surface area contributed by atoms with Crippen LogP contribution >= 0.6 is 0 Å². The van der Waals surface area contributed by atoms with Gasteiger partial charge in [-0.1, -0.05) is 0 Å². The van der Waals surface area contributed by atoms with Gasteiger partial charge in [-0.25, -0.2) is 4.79 Å². The number of aliphatic hydroxyl groups is 6. The fourth-order valence-corrected chi connectivity index (χ4v) is 1.84. The molecule has 10 nitrogen and oxygen atoms in total. The van der Waals surface area contributed by atoms with E-state index in [1.54, 1.807) is 0 Å². The molecule has 0 aromatic rings. The zero-order valence-corrected chi connectivity index (χ0v) is 11.3. The van der Waals surface area contributed by atoms with Gasteiger partial charge in [-0.3, -0.25) is 0 Å². The van der Waals surface area contributed by atoms with Crippen LogP contribution in [0.15, 0.2) is 0 Å². The lowest BCUT2D eigenvalue weighted by Gasteiger charge is -2.40. The van der Waals surface area contributed by atoms with Crippen LogP contribution in [0.25, 0.3) is 0 Å². The van der Waals surface area contributed by atoms with Crippen LogP contribution in [0.5, 0.6) is 0 Å². The lowest BCUT2D eigenvalue weighted by atomic mass is 9.85. The van der Waals surface area contributed by atoms with Crippen LogP contribution in [0.3, 0.4) is 0 Å². The van der Waals surface area contributed by atoms with Crippen LogP contribution in [-0.2, 0) is 14.2 Å². The van der Waals surface area contributed by atoms with Crippen molar-refractivity contribution in [1.29, 1.82) is 0 Å². The van der Waals surface area contributed by atoms with Gasteiger partial charge in [-0.15, -0.1) is 0 Å². The van der Waals surface area contributed by atoms with Crippen molar-refractivity contribution in [3.05, 3.63) is 0 Å². The molecule has 0 aromatic carbocycles. The van der Waals surface area contributed by atoms with Gasteiger partial charge in [0, 0.05) is 7.11 Å². The number of carbonyl (C=O) groups is 1. The van der Waals surface area contributed by atoms with E-state index in [0.717, 1.165) is 0 Å². The fourth-order valence-electron chi connectivity index (χ4n) is 1.84. The predicted molar refractivity (Wildman–Crippen MR) is 64.1 cm³/mol. The van der Waals surface area contributed by atoms with Crippen molar-refractivity contribution < 1.29 is 49.6 Å². The zero-order valence-electron chi connectivity index (χ0n) is 11.3. The maximum absolute atomic E-state index is 11.4. The third kappa shape index (κ3) is 4.23. The largest absolute Gasteiger partial charge is 0.508 e. The summed E-state index contributed by atoms with van der Waals surface area (Å²) in [6.07, 6.45) is -12.7. The van der Waals surface area contributed by atoms with Gasteiger partial charge < -0.3 is 44.8 Å². The molecule has 1 aliphatic carbocycles. The molecule has 0 bridgehead atoms. The normalized spacial score (nSPS) is 37.9. The molecule has 0 amide bonds. The Labute approximate surface area is 120 Å². The Morgan fingerprint density at radius 2 is 1.48 bits per heavy atom. The van der Waals surface area contributed by atoms with Crippen molar-refractivity contribution in [2.75, 3.05) is 20.3 Å². The van der Waals surface area contributed by atoms with E-state index >= 15 is 0 Å². The Hall–Kier alpha value is -1.01. The highest BCUT2D eigenvalue weighted by atomic mass is 16.7. The molecule has 1 rings (SSSR count). The first kappa shape index (κ1) is 18.0. The van der Waals surface area contributed by atoms with Gasteiger partial charge in [0.2, 0.25) is 0 Å². The van der Waals surface area contributed by atoms with E-state index in [0.29, 0.717) is 0 Å². The highest BCUT2D eigenvalue weighted by Gasteiger charge is 2.50. The van der Waals surface area contributed by atoms with Gasteiger partial charge in [0.1, 0.15) is 43.2 Å². The Balaban J connectivity index is 2.57. The number of rotatable bonds is 5. The van der Waals surface area contributed by atoms with E-state index in [1.165, 1.54) is 7.11 Å². The van der Waals surface area contributed by atoms with E-state index in [9.17, 15) is 30.3 Å². The number of ether oxygens (including phenoxy) is 3. The van der Waals surface area contributed by atoms with Gasteiger partial charge in [0.25, 0.3) is 0 Å². The van der Waals surface area contributed by atoms with E-state index in [2.05, 4.69) is 9.47 Å². The number of hydrogen-bond donors (Lipinski definition) is 6. The summed E-state index contributed by atoms with van der Waals surface area (Å²) < 4.78 is 13.9. The van der Waals surface area contributed by atoms with Crippen LogP contribution in [-0.4, -0.2) is 99.8 Å². The molecule has 0 aromatic heterocycles. The van der Waals surface area contributed by atoms with Crippen LogP contribution in [0.1, 0.15) is 0 Å². The van der Waals surface area contributed by atoms with Crippen molar-refractivity contribution in [3.8, 4) is 0 Å². The molecular formula is C11H20O10. The quantitative estimate of drug-likeness (QED) is 0.278. The Morgan fingerprint density at radius 1 is 1.00 bits per heavy atom. The molecule has 0 aliphatic heterocycles. The van der Waals surface area contributed by atoms with Crippen molar-refractivity contribution in [1.82, 2.24) is 0 Å². The lowest BCUT2D eigenvalue weighted by molar-refractivity contribution is -0.226. The molecule has 0 saturated heterocycles. The molecule has 0 heterocycles. The Morgan fingerprint density at radius 3 is 1.90 bits per heavy atom. The van der Waals surface area contributed by atoms with E-state index in [-0.39, 0.29) is 6.61 Å². The second-order valence-electron chi connectivity index (χ2n) is 4.64. The second kappa shape index (κ2) is 7.84. The molecule has 5 atom stereocenters. The zero-order chi connectivity index (χ0) is 16.2. The van der Waals surface area contributed by atoms with Crippen molar-refractivity contribution in [2.45, 2.75) is 42.7 Å². The molecule has 0 spiro atoms. The molecule has 1 aliphatic rings. The second-order valence-corrected chi connectivity index (χ2v) is 4.64. The van der Waals surface area contributed by atoms with Crippen LogP contribution in [0.2, 0.25) is 0 Å².